The lowest BCUT2D eigenvalue weighted by Gasteiger charge is -2.12. The Morgan fingerprint density at radius 1 is 1.33 bits per heavy atom. The van der Waals surface area contributed by atoms with Crippen LogP contribution < -0.4 is 11.1 Å². The molecule has 4 nitrogen and oxygen atoms in total. The highest BCUT2D eigenvalue weighted by molar-refractivity contribution is 7.17. The maximum absolute atomic E-state index is 10.7. The number of hydrogen-bond acceptors (Lipinski definition) is 5. The highest BCUT2D eigenvalue weighted by atomic mass is 32.1. The molecule has 0 aliphatic carbocycles. The molecular formula is C19H24N2O2S. The van der Waals surface area contributed by atoms with Gasteiger partial charge in [-0.15, -0.1) is 11.3 Å². The zero-order valence-corrected chi connectivity index (χ0v) is 15.3. The van der Waals surface area contributed by atoms with E-state index in [0.717, 1.165) is 32.5 Å². The van der Waals surface area contributed by atoms with Crippen molar-refractivity contribution in [3.63, 3.8) is 0 Å². The van der Waals surface area contributed by atoms with E-state index >= 15 is 0 Å². The van der Waals surface area contributed by atoms with E-state index in [0.29, 0.717) is 5.69 Å². The molecule has 0 aliphatic heterocycles. The molecule has 0 saturated carbocycles. The monoisotopic (exact) mass is 344 g/mol. The Morgan fingerprint density at radius 3 is 2.58 bits per heavy atom. The van der Waals surface area contributed by atoms with Gasteiger partial charge in [0.05, 0.1) is 28.4 Å². The summed E-state index contributed by atoms with van der Waals surface area (Å²) >= 11 is 1.47. The minimum Gasteiger partial charge on any atom is -0.501 e. The summed E-state index contributed by atoms with van der Waals surface area (Å²) in [6, 6.07) is 9.90. The first kappa shape index (κ1) is 18.1. The van der Waals surface area contributed by atoms with Crippen molar-refractivity contribution < 1.29 is 9.84 Å². The molecule has 1 unspecified atom stereocenters. The Morgan fingerprint density at radius 2 is 2.00 bits per heavy atom. The van der Waals surface area contributed by atoms with Gasteiger partial charge in [0.1, 0.15) is 6.10 Å². The van der Waals surface area contributed by atoms with Crippen molar-refractivity contribution in [3.8, 4) is 0 Å². The minimum atomic E-state index is -0.782. The number of hydrogen-bond donors (Lipinski definition) is 3. The van der Waals surface area contributed by atoms with Crippen LogP contribution in [0.1, 0.15) is 30.4 Å². The number of anilines is 3. The fourth-order valence-electron chi connectivity index (χ4n) is 2.29. The predicted molar refractivity (Wildman–Crippen MR) is 103 cm³/mol. The number of methoxy groups -OCH3 is 1. The van der Waals surface area contributed by atoms with Crippen LogP contribution in [-0.4, -0.2) is 12.2 Å². The summed E-state index contributed by atoms with van der Waals surface area (Å²) in [7, 11) is 1.61. The van der Waals surface area contributed by atoms with Crippen LogP contribution in [0, 0.1) is 6.92 Å². The standard InChI is InChI=1S/C19H24N2O2S/c1-5-14(11-12(2)23-4)17(22)18-16(20)13(3)19(24-18)21-15-9-7-6-8-10-15/h5-11,17,21-22H,20H2,1-4H3/b12-11+,14-5+. The van der Waals surface area contributed by atoms with Crippen LogP contribution in [0.25, 0.3) is 0 Å². The number of benzene rings is 1. The summed E-state index contributed by atoms with van der Waals surface area (Å²) in [6.45, 7) is 5.69. The third kappa shape index (κ3) is 3.99. The first-order chi connectivity index (χ1) is 11.5. The topological polar surface area (TPSA) is 67.5 Å². The van der Waals surface area contributed by atoms with Crippen LogP contribution in [0.4, 0.5) is 16.4 Å². The number of nitrogens with one attached hydrogen (secondary N) is 1. The molecule has 0 aliphatic rings. The minimum absolute atomic E-state index is 0.619. The van der Waals surface area contributed by atoms with E-state index in [4.69, 9.17) is 10.5 Å². The molecule has 1 heterocycles. The zero-order valence-electron chi connectivity index (χ0n) is 14.5. The van der Waals surface area contributed by atoms with Gasteiger partial charge in [0.25, 0.3) is 0 Å². The molecule has 0 saturated heterocycles. The summed E-state index contributed by atoms with van der Waals surface area (Å²) in [4.78, 5) is 0.735. The van der Waals surface area contributed by atoms with E-state index in [9.17, 15) is 5.11 Å². The number of aliphatic hydroxyl groups is 1. The van der Waals surface area contributed by atoms with Crippen molar-refractivity contribution in [1.82, 2.24) is 0 Å². The molecule has 0 bridgehead atoms. The quantitative estimate of drug-likeness (QED) is 0.514. The number of nitrogen functional groups attached to an aromatic ring is 1. The van der Waals surface area contributed by atoms with Crippen molar-refractivity contribution in [2.24, 2.45) is 0 Å². The number of aliphatic hydroxyl groups excluding tert-OH is 1. The van der Waals surface area contributed by atoms with Gasteiger partial charge in [-0.25, -0.2) is 0 Å². The molecule has 2 aromatic rings. The Labute approximate surface area is 147 Å². The second kappa shape index (κ2) is 8.04. The molecule has 1 atom stereocenters. The lowest BCUT2D eigenvalue weighted by atomic mass is 10.1. The Hall–Kier alpha value is -2.24. The van der Waals surface area contributed by atoms with E-state index in [1.807, 2.05) is 63.3 Å². The molecule has 1 aromatic carbocycles. The average Bonchev–Trinajstić information content (AvgIpc) is 2.88. The maximum atomic E-state index is 10.7. The highest BCUT2D eigenvalue weighted by Gasteiger charge is 2.21. The van der Waals surface area contributed by atoms with Crippen molar-refractivity contribution in [2.45, 2.75) is 26.9 Å². The molecule has 0 spiro atoms. The third-order valence-electron chi connectivity index (χ3n) is 3.84. The van der Waals surface area contributed by atoms with Crippen molar-refractivity contribution in [2.75, 3.05) is 18.2 Å². The van der Waals surface area contributed by atoms with E-state index in [1.54, 1.807) is 7.11 Å². The van der Waals surface area contributed by atoms with E-state index in [-0.39, 0.29) is 0 Å². The number of para-hydroxylation sites is 1. The van der Waals surface area contributed by atoms with E-state index in [1.165, 1.54) is 11.3 Å². The van der Waals surface area contributed by atoms with Gasteiger partial charge in [0.15, 0.2) is 0 Å². The largest absolute Gasteiger partial charge is 0.501 e. The highest BCUT2D eigenvalue weighted by Crippen LogP contribution is 2.42. The van der Waals surface area contributed by atoms with Gasteiger partial charge in [-0.05, 0) is 44.6 Å². The first-order valence-electron chi connectivity index (χ1n) is 7.75. The summed E-state index contributed by atoms with van der Waals surface area (Å²) in [5.74, 6) is 0.733. The van der Waals surface area contributed by atoms with Gasteiger partial charge in [-0.2, -0.15) is 0 Å². The SMILES string of the molecule is C/C=C(\C=C(/C)OC)C(O)c1sc(Nc2ccccc2)c(C)c1N. The van der Waals surface area contributed by atoms with Gasteiger partial charge < -0.3 is 20.9 Å². The number of nitrogens with two attached hydrogens (primary N) is 1. The van der Waals surface area contributed by atoms with Crippen LogP contribution in [-0.2, 0) is 4.74 Å². The molecule has 2 rings (SSSR count). The van der Waals surface area contributed by atoms with Gasteiger partial charge >= 0.3 is 0 Å². The predicted octanol–water partition coefficient (Wildman–Crippen LogP) is 4.91. The lowest BCUT2D eigenvalue weighted by Crippen LogP contribution is -2.02. The van der Waals surface area contributed by atoms with E-state index in [2.05, 4.69) is 5.32 Å². The molecule has 4 N–H and O–H groups in total. The number of thiophene rings is 1. The second-order valence-corrected chi connectivity index (χ2v) is 6.53. The lowest BCUT2D eigenvalue weighted by molar-refractivity contribution is 0.222. The number of ether oxygens (including phenoxy) is 1. The Bertz CT molecular complexity index is 748. The average molecular weight is 344 g/mol. The van der Waals surface area contributed by atoms with Crippen molar-refractivity contribution in [3.05, 3.63) is 64.3 Å². The maximum Gasteiger partial charge on any atom is 0.115 e. The van der Waals surface area contributed by atoms with Crippen molar-refractivity contribution >= 4 is 27.7 Å². The summed E-state index contributed by atoms with van der Waals surface area (Å²) in [5, 5.41) is 15.0. The first-order valence-corrected chi connectivity index (χ1v) is 8.57. The molecule has 0 radical (unpaired) electrons. The van der Waals surface area contributed by atoms with Crippen LogP contribution in [0.5, 0.6) is 0 Å². The molecule has 1 aromatic heterocycles. The van der Waals surface area contributed by atoms with Crippen molar-refractivity contribution in [1.29, 1.82) is 0 Å². The summed E-state index contributed by atoms with van der Waals surface area (Å²) in [6.07, 6.45) is 2.91. The Balaban J connectivity index is 2.33. The third-order valence-corrected chi connectivity index (χ3v) is 5.12. The van der Waals surface area contributed by atoms with Crippen LogP contribution in [0.15, 0.2) is 53.8 Å². The van der Waals surface area contributed by atoms with Gasteiger partial charge in [0, 0.05) is 11.3 Å². The second-order valence-electron chi connectivity index (χ2n) is 5.48. The van der Waals surface area contributed by atoms with E-state index < -0.39 is 6.10 Å². The van der Waals surface area contributed by atoms with Gasteiger partial charge in [0.2, 0.25) is 0 Å². The normalized spacial score (nSPS) is 13.7. The number of allylic oxidation sites excluding steroid dienone is 2. The number of rotatable bonds is 6. The molecular weight excluding hydrogens is 320 g/mol. The van der Waals surface area contributed by atoms with Gasteiger partial charge in [-0.1, -0.05) is 24.3 Å². The summed E-state index contributed by atoms with van der Waals surface area (Å²) in [5.41, 5.74) is 9.56. The smallest absolute Gasteiger partial charge is 0.115 e. The summed E-state index contributed by atoms with van der Waals surface area (Å²) < 4.78 is 5.18. The fraction of sp³-hybridized carbons (Fsp3) is 0.263. The fourth-order valence-corrected chi connectivity index (χ4v) is 3.45. The van der Waals surface area contributed by atoms with Crippen LogP contribution in [0.2, 0.25) is 0 Å². The zero-order chi connectivity index (χ0) is 17.7. The van der Waals surface area contributed by atoms with Gasteiger partial charge in [-0.3, -0.25) is 0 Å². The molecule has 0 amide bonds. The van der Waals surface area contributed by atoms with Crippen LogP contribution in [0.3, 0.4) is 0 Å². The molecule has 24 heavy (non-hydrogen) atoms. The molecule has 0 fully saturated rings. The Kier molecular flexibility index (Phi) is 6.06. The molecule has 5 heteroatoms. The molecule has 128 valence electrons. The van der Waals surface area contributed by atoms with Crippen LogP contribution >= 0.6 is 11.3 Å².